The number of ether oxygens (including phenoxy) is 3. The van der Waals surface area contributed by atoms with Gasteiger partial charge in [-0.25, -0.2) is 14.4 Å². The van der Waals surface area contributed by atoms with Crippen LogP contribution in [-0.4, -0.2) is 50.6 Å². The molecule has 1 N–H and O–H groups in total. The summed E-state index contributed by atoms with van der Waals surface area (Å²) >= 11 is 0. The van der Waals surface area contributed by atoms with Crippen LogP contribution in [0.5, 0.6) is 0 Å². The van der Waals surface area contributed by atoms with E-state index in [0.717, 1.165) is 5.56 Å². The van der Waals surface area contributed by atoms with Crippen LogP contribution in [0.1, 0.15) is 21.5 Å². The minimum Gasteiger partial charge on any atom is -0.478 e. The van der Waals surface area contributed by atoms with Gasteiger partial charge in [-0.1, -0.05) is 6.07 Å². The molecule has 0 fully saturated rings. The summed E-state index contributed by atoms with van der Waals surface area (Å²) in [7, 11) is 2.36. The van der Waals surface area contributed by atoms with Gasteiger partial charge in [0.05, 0.1) is 37.7 Å². The lowest BCUT2D eigenvalue weighted by Crippen LogP contribution is -2.40. The zero-order valence-corrected chi connectivity index (χ0v) is 14.4. The summed E-state index contributed by atoms with van der Waals surface area (Å²) in [5.41, 5.74) is 1.62. The second-order valence-electron chi connectivity index (χ2n) is 5.42. The number of aryl methyl sites for hydroxylation is 1. The van der Waals surface area contributed by atoms with E-state index in [1.165, 1.54) is 25.2 Å². The maximum Gasteiger partial charge on any atom is 0.355 e. The molecule has 0 amide bonds. The van der Waals surface area contributed by atoms with Crippen molar-refractivity contribution < 1.29 is 33.7 Å². The number of aromatic carboxylic acids is 1. The molecule has 1 heterocycles. The highest BCUT2D eigenvalue weighted by Crippen LogP contribution is 2.34. The summed E-state index contributed by atoms with van der Waals surface area (Å²) in [6.07, 6.45) is 0. The Balaban J connectivity index is 2.76. The maximum atomic E-state index is 12.3. The molecule has 8 nitrogen and oxygen atoms in total. The molecule has 0 aliphatic carbocycles. The summed E-state index contributed by atoms with van der Waals surface area (Å²) in [6, 6.07) is 3.12. The van der Waals surface area contributed by atoms with Crippen molar-refractivity contribution in [3.63, 3.8) is 0 Å². The van der Waals surface area contributed by atoms with Crippen molar-refractivity contribution in [2.75, 3.05) is 32.5 Å². The third-order valence-corrected chi connectivity index (χ3v) is 4.04. The molecule has 2 rings (SSSR count). The number of carboxylic acid groups (broad SMARTS) is 1. The lowest BCUT2D eigenvalue weighted by atomic mass is 10.0. The van der Waals surface area contributed by atoms with Crippen LogP contribution in [0.2, 0.25) is 0 Å². The number of carbonyl (C=O) groups is 3. The van der Waals surface area contributed by atoms with E-state index in [9.17, 15) is 19.5 Å². The molecule has 0 saturated carbocycles. The monoisotopic (exact) mass is 349 g/mol. The van der Waals surface area contributed by atoms with Gasteiger partial charge in [0.15, 0.2) is 0 Å². The molecule has 8 heteroatoms. The topological polar surface area (TPSA) is 102 Å². The van der Waals surface area contributed by atoms with Crippen molar-refractivity contribution in [3.05, 3.63) is 40.1 Å². The molecule has 1 aromatic rings. The summed E-state index contributed by atoms with van der Waals surface area (Å²) < 4.78 is 14.9. The van der Waals surface area contributed by atoms with Crippen LogP contribution in [-0.2, 0) is 23.8 Å². The highest BCUT2D eigenvalue weighted by Gasteiger charge is 2.35. The van der Waals surface area contributed by atoms with Crippen LogP contribution in [0.15, 0.2) is 23.4 Å². The van der Waals surface area contributed by atoms with Gasteiger partial charge in [-0.05, 0) is 31.0 Å². The maximum absolute atomic E-state index is 12.3. The number of hydrogen-bond acceptors (Lipinski definition) is 7. The van der Waals surface area contributed by atoms with E-state index in [4.69, 9.17) is 14.2 Å². The van der Waals surface area contributed by atoms with Crippen LogP contribution in [0.4, 0.5) is 5.69 Å². The van der Waals surface area contributed by atoms with E-state index in [0.29, 0.717) is 5.56 Å². The van der Waals surface area contributed by atoms with Crippen LogP contribution in [0.3, 0.4) is 0 Å². The smallest absolute Gasteiger partial charge is 0.355 e. The van der Waals surface area contributed by atoms with Gasteiger partial charge in [0.1, 0.15) is 12.4 Å². The fourth-order valence-corrected chi connectivity index (χ4v) is 2.64. The van der Waals surface area contributed by atoms with Gasteiger partial charge in [0.2, 0.25) is 0 Å². The van der Waals surface area contributed by atoms with Gasteiger partial charge in [-0.15, -0.1) is 0 Å². The Hall–Kier alpha value is -2.87. The van der Waals surface area contributed by atoms with Gasteiger partial charge in [0, 0.05) is 0 Å². The number of anilines is 1. The second kappa shape index (κ2) is 7.35. The first-order chi connectivity index (χ1) is 11.8. The van der Waals surface area contributed by atoms with Gasteiger partial charge in [0.25, 0.3) is 0 Å². The summed E-state index contributed by atoms with van der Waals surface area (Å²) in [6.45, 7) is 3.31. The van der Waals surface area contributed by atoms with Gasteiger partial charge in [-0.2, -0.15) is 0 Å². The molecule has 0 bridgehead atoms. The summed E-state index contributed by atoms with van der Waals surface area (Å²) in [5, 5.41) is 9.52. The Morgan fingerprint density at radius 1 is 1.12 bits per heavy atom. The molecule has 0 aromatic heterocycles. The minimum atomic E-state index is -1.16. The molecule has 0 spiro atoms. The van der Waals surface area contributed by atoms with Gasteiger partial charge >= 0.3 is 17.9 Å². The molecule has 25 heavy (non-hydrogen) atoms. The Morgan fingerprint density at radius 3 is 2.32 bits per heavy atom. The van der Waals surface area contributed by atoms with Gasteiger partial charge < -0.3 is 24.2 Å². The first-order valence-corrected chi connectivity index (χ1v) is 7.42. The van der Waals surface area contributed by atoms with E-state index in [-0.39, 0.29) is 35.9 Å². The molecule has 1 aromatic carbocycles. The fraction of sp³-hybridized carbons (Fsp3) is 0.353. The highest BCUT2D eigenvalue weighted by molar-refractivity contribution is 6.05. The largest absolute Gasteiger partial charge is 0.478 e. The molecule has 0 unspecified atom stereocenters. The average Bonchev–Trinajstić information content (AvgIpc) is 2.61. The van der Waals surface area contributed by atoms with Crippen molar-refractivity contribution in [1.29, 1.82) is 0 Å². The highest BCUT2D eigenvalue weighted by atomic mass is 16.5. The van der Waals surface area contributed by atoms with Crippen LogP contribution >= 0.6 is 0 Å². The standard InChI is InChI=1S/C17H19NO7/c1-9-5-6-11(15(19)20)13(10(9)2)18-8-25-7-12(16(21)23-3)14(18)17(22)24-4/h5-6H,7-8H2,1-4H3,(H,19,20). The second-order valence-corrected chi connectivity index (χ2v) is 5.42. The number of nitrogens with zero attached hydrogens (tertiary/aromatic N) is 1. The molecule has 1 aliphatic heterocycles. The Bertz CT molecular complexity index is 767. The lowest BCUT2D eigenvalue weighted by molar-refractivity contribution is -0.140. The predicted octanol–water partition coefficient (Wildman–Crippen LogP) is 1.40. The number of benzene rings is 1. The molecule has 0 radical (unpaired) electrons. The van der Waals surface area contributed by atoms with Crippen molar-refractivity contribution in [2.45, 2.75) is 13.8 Å². The van der Waals surface area contributed by atoms with E-state index in [1.54, 1.807) is 13.0 Å². The summed E-state index contributed by atoms with van der Waals surface area (Å²) in [5.74, 6) is -2.68. The first-order valence-electron chi connectivity index (χ1n) is 7.42. The van der Waals surface area contributed by atoms with Crippen LogP contribution in [0, 0.1) is 13.8 Å². The quantitative estimate of drug-likeness (QED) is 0.814. The fourth-order valence-electron chi connectivity index (χ4n) is 2.64. The van der Waals surface area contributed by atoms with Crippen molar-refractivity contribution in [2.24, 2.45) is 0 Å². The van der Waals surface area contributed by atoms with E-state index < -0.39 is 17.9 Å². The first kappa shape index (κ1) is 18.5. The zero-order valence-electron chi connectivity index (χ0n) is 14.4. The number of carbonyl (C=O) groups excluding carboxylic acids is 2. The van der Waals surface area contributed by atoms with Crippen LogP contribution < -0.4 is 4.90 Å². The normalized spacial score (nSPS) is 14.3. The molecular formula is C17H19NO7. The van der Waals surface area contributed by atoms with E-state index in [1.807, 2.05) is 6.92 Å². The number of carboxylic acids is 1. The lowest BCUT2D eigenvalue weighted by Gasteiger charge is -2.33. The minimum absolute atomic E-state index is 0.0146. The number of hydrogen-bond donors (Lipinski definition) is 1. The summed E-state index contributed by atoms with van der Waals surface area (Å²) in [4.78, 5) is 37.4. The molecule has 134 valence electrons. The Kier molecular flexibility index (Phi) is 5.43. The number of esters is 2. The van der Waals surface area contributed by atoms with Crippen LogP contribution in [0.25, 0.3) is 0 Å². The Labute approximate surface area is 144 Å². The number of rotatable bonds is 4. The van der Waals surface area contributed by atoms with E-state index >= 15 is 0 Å². The molecular weight excluding hydrogens is 330 g/mol. The zero-order chi connectivity index (χ0) is 18.7. The third kappa shape index (κ3) is 3.34. The molecule has 0 atom stereocenters. The number of methoxy groups -OCH3 is 2. The van der Waals surface area contributed by atoms with Crippen molar-refractivity contribution >= 4 is 23.6 Å². The van der Waals surface area contributed by atoms with Gasteiger partial charge in [-0.3, -0.25) is 0 Å². The Morgan fingerprint density at radius 2 is 1.76 bits per heavy atom. The SMILES string of the molecule is COC(=O)C1=C(C(=O)OC)N(c2c(C(=O)O)ccc(C)c2C)COC1. The average molecular weight is 349 g/mol. The van der Waals surface area contributed by atoms with Crippen molar-refractivity contribution in [1.82, 2.24) is 0 Å². The predicted molar refractivity (Wildman–Crippen MR) is 87.2 cm³/mol. The van der Waals surface area contributed by atoms with Crippen molar-refractivity contribution in [3.8, 4) is 0 Å². The molecule has 0 saturated heterocycles. The van der Waals surface area contributed by atoms with E-state index in [2.05, 4.69) is 0 Å². The molecule has 1 aliphatic rings. The third-order valence-electron chi connectivity index (χ3n) is 4.04.